The number of aryl methyl sites for hydroxylation is 1. The minimum absolute atomic E-state index is 0.00905. The first-order chi connectivity index (χ1) is 17.7. The largest absolute Gasteiger partial charge is 0.325 e. The fraction of sp³-hybridized carbons (Fsp3) is 0.0741. The van der Waals surface area contributed by atoms with Crippen LogP contribution in [-0.2, 0) is 14.8 Å². The Morgan fingerprint density at radius 3 is 2.30 bits per heavy atom. The molecule has 0 bridgehead atoms. The summed E-state index contributed by atoms with van der Waals surface area (Å²) in [6, 6.07) is 24.4. The van der Waals surface area contributed by atoms with E-state index < -0.39 is 10.0 Å². The molecular formula is C27H22N4O4S2. The van der Waals surface area contributed by atoms with Crippen LogP contribution in [0.4, 0.5) is 5.69 Å². The number of thioether (sulfide) groups is 1. The Hall–Kier alpha value is -3.99. The van der Waals surface area contributed by atoms with Crippen molar-refractivity contribution in [2.45, 2.75) is 17.0 Å². The minimum atomic E-state index is -3.90. The Morgan fingerprint density at radius 1 is 0.973 bits per heavy atom. The molecule has 8 nitrogen and oxygen atoms in total. The molecule has 0 spiro atoms. The van der Waals surface area contributed by atoms with E-state index in [1.165, 1.54) is 28.8 Å². The van der Waals surface area contributed by atoms with Crippen LogP contribution in [0, 0.1) is 6.92 Å². The van der Waals surface area contributed by atoms with Crippen LogP contribution in [0.2, 0.25) is 0 Å². The molecule has 0 fully saturated rings. The van der Waals surface area contributed by atoms with Crippen LogP contribution in [-0.4, -0.2) is 29.6 Å². The van der Waals surface area contributed by atoms with Crippen LogP contribution in [0.25, 0.3) is 27.4 Å². The van der Waals surface area contributed by atoms with Gasteiger partial charge in [-0.05, 0) is 65.7 Å². The summed E-state index contributed by atoms with van der Waals surface area (Å²) in [5, 5.41) is 10.6. The third-order valence-corrected chi connectivity index (χ3v) is 7.75. The van der Waals surface area contributed by atoms with Crippen LogP contribution in [0.3, 0.4) is 0 Å². The molecule has 0 aliphatic carbocycles. The summed E-state index contributed by atoms with van der Waals surface area (Å²) < 4.78 is 24.8. The molecule has 1 heterocycles. The zero-order valence-electron chi connectivity index (χ0n) is 19.7. The summed E-state index contributed by atoms with van der Waals surface area (Å²) in [6.07, 6.45) is 0. The van der Waals surface area contributed by atoms with Gasteiger partial charge >= 0.3 is 0 Å². The first-order valence-corrected chi connectivity index (χ1v) is 13.8. The van der Waals surface area contributed by atoms with Crippen molar-refractivity contribution in [3.8, 4) is 5.69 Å². The number of carbonyl (C=O) groups excluding carboxylic acids is 1. The van der Waals surface area contributed by atoms with E-state index in [0.717, 1.165) is 28.1 Å². The molecule has 0 aliphatic heterocycles. The predicted molar refractivity (Wildman–Crippen MR) is 147 cm³/mol. The van der Waals surface area contributed by atoms with Crippen molar-refractivity contribution in [3.63, 3.8) is 0 Å². The number of hydrogen-bond donors (Lipinski definition) is 2. The Balaban J connectivity index is 1.59. The number of primary sulfonamides is 1. The number of para-hydroxylation sites is 1. The number of nitrogens with zero attached hydrogens (tertiary/aromatic N) is 2. The van der Waals surface area contributed by atoms with Crippen LogP contribution in [0.1, 0.15) is 5.56 Å². The highest BCUT2D eigenvalue weighted by atomic mass is 32.2. The highest BCUT2D eigenvalue weighted by Gasteiger charge is 2.17. The van der Waals surface area contributed by atoms with Gasteiger partial charge in [0, 0.05) is 5.69 Å². The second kappa shape index (κ2) is 9.81. The van der Waals surface area contributed by atoms with E-state index in [9.17, 15) is 18.0 Å². The fourth-order valence-corrected chi connectivity index (χ4v) is 5.32. The lowest BCUT2D eigenvalue weighted by atomic mass is 10.1. The minimum Gasteiger partial charge on any atom is -0.325 e. The van der Waals surface area contributed by atoms with Crippen molar-refractivity contribution in [1.82, 2.24) is 9.55 Å². The molecule has 186 valence electrons. The summed E-state index contributed by atoms with van der Waals surface area (Å²) in [4.78, 5) is 31.1. The maximum Gasteiger partial charge on any atom is 0.266 e. The van der Waals surface area contributed by atoms with Gasteiger partial charge in [0.05, 0.1) is 27.2 Å². The Labute approximate surface area is 217 Å². The number of aromatic nitrogens is 2. The molecular weight excluding hydrogens is 508 g/mol. The van der Waals surface area contributed by atoms with Gasteiger partial charge in [-0.1, -0.05) is 54.2 Å². The Morgan fingerprint density at radius 2 is 1.62 bits per heavy atom. The zero-order chi connectivity index (χ0) is 26.2. The smallest absolute Gasteiger partial charge is 0.266 e. The van der Waals surface area contributed by atoms with Gasteiger partial charge in [-0.2, -0.15) is 0 Å². The van der Waals surface area contributed by atoms with Gasteiger partial charge in [0.15, 0.2) is 5.16 Å². The van der Waals surface area contributed by atoms with E-state index in [4.69, 9.17) is 10.1 Å². The van der Waals surface area contributed by atoms with E-state index in [1.54, 1.807) is 6.07 Å². The molecule has 0 radical (unpaired) electrons. The monoisotopic (exact) mass is 530 g/mol. The fourth-order valence-electron chi connectivity index (χ4n) is 3.99. The molecule has 10 heteroatoms. The Bertz CT molecular complexity index is 1830. The van der Waals surface area contributed by atoms with Gasteiger partial charge < -0.3 is 5.32 Å². The van der Waals surface area contributed by atoms with Crippen LogP contribution >= 0.6 is 11.8 Å². The molecule has 3 N–H and O–H groups in total. The van der Waals surface area contributed by atoms with Gasteiger partial charge in [-0.3, -0.25) is 14.2 Å². The van der Waals surface area contributed by atoms with Gasteiger partial charge in [-0.25, -0.2) is 18.5 Å². The number of sulfonamides is 1. The number of fused-ring (bicyclic) bond motifs is 2. The van der Waals surface area contributed by atoms with E-state index in [2.05, 4.69) is 5.32 Å². The van der Waals surface area contributed by atoms with Crippen LogP contribution < -0.4 is 16.0 Å². The van der Waals surface area contributed by atoms with Gasteiger partial charge in [0.25, 0.3) is 5.56 Å². The van der Waals surface area contributed by atoms with E-state index in [1.807, 2.05) is 61.5 Å². The quantitative estimate of drug-likeness (QED) is 0.192. The molecule has 4 aromatic carbocycles. The SMILES string of the molecule is Cc1ccccc1NC(=O)CSc1nc2cc3ccccc3cc2c(=O)n1-c1ccc(S(N)(=O)=O)cc1. The standard InChI is InChI=1S/C27H22N4O4S2/c1-17-6-2-5-9-23(17)29-25(32)16-36-27-30-24-15-19-8-4-3-7-18(19)14-22(24)26(33)31(27)20-10-12-21(13-11-20)37(28,34)35/h2-15H,16H2,1H3,(H,29,32)(H2,28,34,35). The van der Waals surface area contributed by atoms with Crippen molar-refractivity contribution in [2.24, 2.45) is 5.14 Å². The number of hydrogen-bond acceptors (Lipinski definition) is 6. The topological polar surface area (TPSA) is 124 Å². The van der Waals surface area contributed by atoms with E-state index in [-0.39, 0.29) is 22.1 Å². The van der Waals surface area contributed by atoms with E-state index in [0.29, 0.717) is 27.4 Å². The van der Waals surface area contributed by atoms with Crippen molar-refractivity contribution in [2.75, 3.05) is 11.1 Å². The summed E-state index contributed by atoms with van der Waals surface area (Å²) >= 11 is 1.12. The van der Waals surface area contributed by atoms with Crippen molar-refractivity contribution in [3.05, 3.63) is 101 Å². The molecule has 1 amide bonds. The molecule has 0 aliphatic rings. The lowest BCUT2D eigenvalue weighted by molar-refractivity contribution is -0.113. The number of rotatable bonds is 6. The summed E-state index contributed by atoms with van der Waals surface area (Å²) in [5.74, 6) is -0.238. The lowest BCUT2D eigenvalue weighted by Crippen LogP contribution is -2.23. The lowest BCUT2D eigenvalue weighted by Gasteiger charge is -2.14. The van der Waals surface area contributed by atoms with Crippen molar-refractivity contribution in [1.29, 1.82) is 0 Å². The van der Waals surface area contributed by atoms with Gasteiger partial charge in [-0.15, -0.1) is 0 Å². The molecule has 0 saturated heterocycles. The third kappa shape index (κ3) is 5.12. The molecule has 1 aromatic heterocycles. The Kier molecular flexibility index (Phi) is 6.55. The maximum atomic E-state index is 13.7. The van der Waals surface area contributed by atoms with Crippen LogP contribution in [0.5, 0.6) is 0 Å². The highest BCUT2D eigenvalue weighted by molar-refractivity contribution is 7.99. The second-order valence-corrected chi connectivity index (χ2v) is 10.9. The summed E-state index contributed by atoms with van der Waals surface area (Å²) in [5.41, 5.74) is 2.22. The van der Waals surface area contributed by atoms with Crippen LogP contribution in [0.15, 0.2) is 99.8 Å². The summed E-state index contributed by atoms with van der Waals surface area (Å²) in [6.45, 7) is 1.90. The normalized spacial score (nSPS) is 11.6. The highest BCUT2D eigenvalue weighted by Crippen LogP contribution is 2.25. The number of nitrogens with one attached hydrogen (secondary N) is 1. The number of anilines is 1. The first kappa shape index (κ1) is 24.7. The zero-order valence-corrected chi connectivity index (χ0v) is 21.3. The van der Waals surface area contributed by atoms with Gasteiger partial charge in [0.1, 0.15) is 0 Å². The average molecular weight is 531 g/mol. The number of nitrogens with two attached hydrogens (primary N) is 1. The van der Waals surface area contributed by atoms with E-state index >= 15 is 0 Å². The number of benzene rings is 4. The second-order valence-electron chi connectivity index (χ2n) is 8.44. The number of carbonyl (C=O) groups is 1. The van der Waals surface area contributed by atoms with Crippen molar-refractivity contribution < 1.29 is 13.2 Å². The third-order valence-electron chi connectivity index (χ3n) is 5.88. The van der Waals surface area contributed by atoms with Crippen molar-refractivity contribution >= 4 is 55.1 Å². The molecule has 37 heavy (non-hydrogen) atoms. The molecule has 0 atom stereocenters. The molecule has 5 rings (SSSR count). The predicted octanol–water partition coefficient (Wildman–Crippen LogP) is 4.23. The molecule has 5 aromatic rings. The number of amides is 1. The summed E-state index contributed by atoms with van der Waals surface area (Å²) in [7, 11) is -3.90. The maximum absolute atomic E-state index is 13.7. The average Bonchev–Trinajstić information content (AvgIpc) is 2.87. The molecule has 0 saturated carbocycles. The van der Waals surface area contributed by atoms with Gasteiger partial charge in [0.2, 0.25) is 15.9 Å². The molecule has 0 unspecified atom stereocenters. The first-order valence-electron chi connectivity index (χ1n) is 11.3.